The molecule has 0 aromatic heterocycles. The van der Waals surface area contributed by atoms with Crippen molar-refractivity contribution in [1.29, 1.82) is 0 Å². The van der Waals surface area contributed by atoms with Gasteiger partial charge in [0.2, 0.25) is 0 Å². The van der Waals surface area contributed by atoms with E-state index in [2.05, 4.69) is 0 Å². The van der Waals surface area contributed by atoms with Crippen molar-refractivity contribution in [3.05, 3.63) is 78.4 Å². The summed E-state index contributed by atoms with van der Waals surface area (Å²) in [7, 11) is -1.10. The highest BCUT2D eigenvalue weighted by Crippen LogP contribution is 2.16. The normalized spacial score (nSPS) is 15.9. The minimum absolute atomic E-state index is 0.143. The SMILES string of the molecule is CC(/C=C/[C@@H](O)c1ccccc1)S(=O)c1ccccc1. The lowest BCUT2D eigenvalue weighted by atomic mass is 10.1. The molecule has 0 bridgehead atoms. The number of benzene rings is 2. The summed E-state index contributed by atoms with van der Waals surface area (Å²) in [4.78, 5) is 0.804. The first-order valence-corrected chi connectivity index (χ1v) is 7.77. The highest BCUT2D eigenvalue weighted by molar-refractivity contribution is 7.85. The predicted octanol–water partition coefficient (Wildman–Crippen LogP) is 3.47. The first-order chi connectivity index (χ1) is 9.68. The third-order valence-corrected chi connectivity index (χ3v) is 4.59. The van der Waals surface area contributed by atoms with E-state index < -0.39 is 16.9 Å². The quantitative estimate of drug-likeness (QED) is 0.855. The number of hydrogen-bond acceptors (Lipinski definition) is 2. The molecule has 0 aliphatic heterocycles. The molecule has 0 aliphatic carbocycles. The van der Waals surface area contributed by atoms with Crippen LogP contribution in [-0.4, -0.2) is 14.6 Å². The van der Waals surface area contributed by atoms with Gasteiger partial charge >= 0.3 is 0 Å². The van der Waals surface area contributed by atoms with Crippen LogP contribution in [0.4, 0.5) is 0 Å². The lowest BCUT2D eigenvalue weighted by Crippen LogP contribution is -2.08. The van der Waals surface area contributed by atoms with Crippen LogP contribution in [0.15, 0.2) is 77.7 Å². The molecule has 0 spiro atoms. The Morgan fingerprint density at radius 3 is 2.10 bits per heavy atom. The van der Waals surface area contributed by atoms with Gasteiger partial charge in [-0.3, -0.25) is 4.21 Å². The smallest absolute Gasteiger partial charge is 0.0972 e. The molecule has 2 nitrogen and oxygen atoms in total. The Hall–Kier alpha value is -1.71. The molecule has 0 amide bonds. The van der Waals surface area contributed by atoms with Crippen molar-refractivity contribution in [2.24, 2.45) is 0 Å². The second kappa shape index (κ2) is 7.17. The zero-order chi connectivity index (χ0) is 14.4. The summed E-state index contributed by atoms with van der Waals surface area (Å²) in [5, 5.41) is 9.89. The van der Waals surface area contributed by atoms with Gasteiger partial charge < -0.3 is 5.11 Å². The van der Waals surface area contributed by atoms with Crippen LogP contribution in [0, 0.1) is 0 Å². The van der Waals surface area contributed by atoms with Gasteiger partial charge in [-0.1, -0.05) is 60.7 Å². The van der Waals surface area contributed by atoms with Gasteiger partial charge in [-0.15, -0.1) is 0 Å². The Balaban J connectivity index is 2.02. The molecule has 2 unspecified atom stereocenters. The van der Waals surface area contributed by atoms with E-state index in [9.17, 15) is 9.32 Å². The van der Waals surface area contributed by atoms with Crippen molar-refractivity contribution >= 4 is 10.8 Å². The van der Waals surface area contributed by atoms with Crippen LogP contribution in [0.25, 0.3) is 0 Å². The average molecular weight is 286 g/mol. The van der Waals surface area contributed by atoms with Crippen molar-refractivity contribution in [2.75, 3.05) is 0 Å². The molecule has 2 rings (SSSR count). The Bertz CT molecular complexity index is 578. The molecule has 0 heterocycles. The zero-order valence-electron chi connectivity index (χ0n) is 11.3. The molecule has 0 aliphatic rings. The molecule has 2 aromatic rings. The first-order valence-electron chi connectivity index (χ1n) is 6.55. The summed E-state index contributed by atoms with van der Waals surface area (Å²) < 4.78 is 12.3. The number of aliphatic hydroxyl groups is 1. The van der Waals surface area contributed by atoms with Gasteiger partial charge in [0.05, 0.1) is 22.2 Å². The predicted molar refractivity (Wildman–Crippen MR) is 82.9 cm³/mol. The number of aliphatic hydroxyl groups excluding tert-OH is 1. The fourth-order valence-electron chi connectivity index (χ4n) is 1.86. The van der Waals surface area contributed by atoms with E-state index >= 15 is 0 Å². The van der Waals surface area contributed by atoms with E-state index in [1.165, 1.54) is 0 Å². The lowest BCUT2D eigenvalue weighted by Gasteiger charge is -2.09. The molecular weight excluding hydrogens is 268 g/mol. The van der Waals surface area contributed by atoms with Crippen LogP contribution in [0.5, 0.6) is 0 Å². The summed E-state index contributed by atoms with van der Waals surface area (Å²) >= 11 is 0. The second-order valence-electron chi connectivity index (χ2n) is 4.56. The minimum Gasteiger partial charge on any atom is -0.384 e. The van der Waals surface area contributed by atoms with Gasteiger partial charge in [0.15, 0.2) is 0 Å². The molecule has 0 fully saturated rings. The molecule has 0 saturated heterocycles. The Morgan fingerprint density at radius 2 is 1.50 bits per heavy atom. The van der Waals surface area contributed by atoms with Crippen LogP contribution in [0.1, 0.15) is 18.6 Å². The Morgan fingerprint density at radius 1 is 0.950 bits per heavy atom. The maximum Gasteiger partial charge on any atom is 0.0972 e. The minimum atomic E-state index is -1.10. The number of hydrogen-bond donors (Lipinski definition) is 1. The Labute approximate surface area is 122 Å². The largest absolute Gasteiger partial charge is 0.384 e. The van der Waals surface area contributed by atoms with Crippen molar-refractivity contribution in [3.8, 4) is 0 Å². The zero-order valence-corrected chi connectivity index (χ0v) is 12.2. The van der Waals surface area contributed by atoms with Crippen LogP contribution in [-0.2, 0) is 10.8 Å². The van der Waals surface area contributed by atoms with Gasteiger partial charge in [-0.05, 0) is 24.6 Å². The summed E-state index contributed by atoms with van der Waals surface area (Å²) in [6, 6.07) is 18.8. The molecule has 3 heteroatoms. The van der Waals surface area contributed by atoms with E-state index in [1.54, 1.807) is 12.2 Å². The fraction of sp³-hybridized carbons (Fsp3) is 0.176. The standard InChI is InChI=1S/C17H18O2S/c1-14(20(19)16-10-6-3-7-11-16)12-13-17(18)15-8-4-2-5-9-15/h2-14,17-18H,1H3/b13-12+/t14?,17-,20?/m1/s1. The summed E-state index contributed by atoms with van der Waals surface area (Å²) in [6.45, 7) is 1.89. The topological polar surface area (TPSA) is 37.3 Å². The van der Waals surface area contributed by atoms with E-state index in [0.717, 1.165) is 10.5 Å². The van der Waals surface area contributed by atoms with Crippen molar-refractivity contribution in [3.63, 3.8) is 0 Å². The van der Waals surface area contributed by atoms with Gasteiger partial charge in [-0.2, -0.15) is 0 Å². The van der Waals surface area contributed by atoms with Gasteiger partial charge in [0, 0.05) is 4.90 Å². The van der Waals surface area contributed by atoms with E-state index in [1.807, 2.05) is 67.6 Å². The molecule has 0 saturated carbocycles. The third-order valence-electron chi connectivity index (χ3n) is 3.02. The molecule has 2 aromatic carbocycles. The van der Waals surface area contributed by atoms with Crippen LogP contribution >= 0.6 is 0 Å². The fourth-order valence-corrected chi connectivity index (χ4v) is 2.95. The molecule has 3 atom stereocenters. The van der Waals surface area contributed by atoms with Crippen LogP contribution in [0.2, 0.25) is 0 Å². The second-order valence-corrected chi connectivity index (χ2v) is 6.37. The third kappa shape index (κ3) is 3.89. The molecule has 0 radical (unpaired) electrons. The monoisotopic (exact) mass is 286 g/mol. The van der Waals surface area contributed by atoms with Crippen molar-refractivity contribution < 1.29 is 9.32 Å². The highest BCUT2D eigenvalue weighted by Gasteiger charge is 2.10. The maximum atomic E-state index is 12.3. The average Bonchev–Trinajstić information content (AvgIpc) is 2.53. The molecule has 20 heavy (non-hydrogen) atoms. The van der Waals surface area contributed by atoms with E-state index in [0.29, 0.717) is 0 Å². The van der Waals surface area contributed by atoms with Gasteiger partial charge in [-0.25, -0.2) is 0 Å². The van der Waals surface area contributed by atoms with Gasteiger partial charge in [0.25, 0.3) is 0 Å². The summed E-state index contributed by atoms with van der Waals surface area (Å²) in [5.74, 6) is 0. The molecule has 104 valence electrons. The highest BCUT2D eigenvalue weighted by atomic mass is 32.2. The Kier molecular flexibility index (Phi) is 5.27. The van der Waals surface area contributed by atoms with Gasteiger partial charge in [0.1, 0.15) is 0 Å². The first kappa shape index (κ1) is 14.7. The lowest BCUT2D eigenvalue weighted by molar-refractivity contribution is 0.228. The van der Waals surface area contributed by atoms with Crippen LogP contribution in [0.3, 0.4) is 0 Å². The number of rotatable bonds is 5. The van der Waals surface area contributed by atoms with Crippen LogP contribution < -0.4 is 0 Å². The molecule has 1 N–H and O–H groups in total. The molecular formula is C17H18O2S. The van der Waals surface area contributed by atoms with Crippen molar-refractivity contribution in [2.45, 2.75) is 23.2 Å². The van der Waals surface area contributed by atoms with E-state index in [-0.39, 0.29) is 5.25 Å². The summed E-state index contributed by atoms with van der Waals surface area (Å²) in [5.41, 5.74) is 0.835. The summed E-state index contributed by atoms with van der Waals surface area (Å²) in [6.07, 6.45) is 2.84. The van der Waals surface area contributed by atoms with Crippen molar-refractivity contribution in [1.82, 2.24) is 0 Å². The van der Waals surface area contributed by atoms with E-state index in [4.69, 9.17) is 0 Å². The maximum absolute atomic E-state index is 12.3.